The lowest BCUT2D eigenvalue weighted by Gasteiger charge is -2.34. The van der Waals surface area contributed by atoms with Crippen LogP contribution in [0.4, 0.5) is 14.5 Å². The maximum absolute atomic E-state index is 13.9. The summed E-state index contributed by atoms with van der Waals surface area (Å²) in [6.45, 7) is 0.139. The number of hydrogen-bond donors (Lipinski definition) is 1. The molecule has 2 unspecified atom stereocenters. The Labute approximate surface area is 141 Å². The molecule has 2 fully saturated rings. The van der Waals surface area contributed by atoms with Crippen molar-refractivity contribution in [1.82, 2.24) is 4.90 Å². The molecule has 2 saturated heterocycles. The summed E-state index contributed by atoms with van der Waals surface area (Å²) in [6.07, 6.45) is -0.153. The molecule has 0 aliphatic carbocycles. The van der Waals surface area contributed by atoms with E-state index in [2.05, 4.69) is 0 Å². The van der Waals surface area contributed by atoms with Crippen LogP contribution < -0.4 is 4.90 Å². The first-order chi connectivity index (χ1) is 11.9. The SMILES string of the molecule is O=C(O)C1COCCN1C(=O)C1CC(=O)N(c2ccc(F)cc2F)C1. The maximum Gasteiger partial charge on any atom is 0.328 e. The third-order valence-corrected chi connectivity index (χ3v) is 4.37. The zero-order valence-electron chi connectivity index (χ0n) is 13.2. The van der Waals surface area contributed by atoms with Crippen LogP contribution in [-0.2, 0) is 19.1 Å². The minimum atomic E-state index is -1.18. The van der Waals surface area contributed by atoms with Gasteiger partial charge in [-0.05, 0) is 12.1 Å². The van der Waals surface area contributed by atoms with Crippen molar-refractivity contribution in [1.29, 1.82) is 0 Å². The number of ether oxygens (including phenoxy) is 1. The van der Waals surface area contributed by atoms with Gasteiger partial charge in [0.15, 0.2) is 6.04 Å². The first-order valence-electron chi connectivity index (χ1n) is 7.75. The molecule has 2 amide bonds. The number of amides is 2. The lowest BCUT2D eigenvalue weighted by atomic mass is 10.1. The van der Waals surface area contributed by atoms with E-state index in [-0.39, 0.29) is 38.4 Å². The van der Waals surface area contributed by atoms with E-state index in [4.69, 9.17) is 4.74 Å². The highest BCUT2D eigenvalue weighted by Gasteiger charge is 2.42. The summed E-state index contributed by atoms with van der Waals surface area (Å²) < 4.78 is 32.0. The van der Waals surface area contributed by atoms with Crippen LogP contribution in [0, 0.1) is 17.6 Å². The number of nitrogens with zero attached hydrogens (tertiary/aromatic N) is 2. The minimum Gasteiger partial charge on any atom is -0.480 e. The molecule has 0 radical (unpaired) electrons. The molecule has 9 heteroatoms. The second-order valence-electron chi connectivity index (χ2n) is 5.96. The van der Waals surface area contributed by atoms with Crippen molar-refractivity contribution >= 4 is 23.5 Å². The topological polar surface area (TPSA) is 87.1 Å². The maximum atomic E-state index is 13.9. The number of carboxylic acids is 1. The van der Waals surface area contributed by atoms with Gasteiger partial charge in [-0.1, -0.05) is 0 Å². The smallest absolute Gasteiger partial charge is 0.328 e. The molecule has 2 aliphatic heterocycles. The van der Waals surface area contributed by atoms with Gasteiger partial charge in [-0.15, -0.1) is 0 Å². The highest BCUT2D eigenvalue weighted by atomic mass is 19.1. The zero-order valence-corrected chi connectivity index (χ0v) is 13.2. The second kappa shape index (κ2) is 6.75. The molecule has 0 spiro atoms. The van der Waals surface area contributed by atoms with Crippen LogP contribution >= 0.6 is 0 Å². The molecule has 1 aromatic carbocycles. The molecule has 7 nitrogen and oxygen atoms in total. The number of carbonyl (C=O) groups is 3. The van der Waals surface area contributed by atoms with Crippen molar-refractivity contribution in [2.75, 3.05) is 31.2 Å². The van der Waals surface area contributed by atoms with E-state index in [1.54, 1.807) is 0 Å². The highest BCUT2D eigenvalue weighted by molar-refractivity contribution is 6.01. The predicted octanol–water partition coefficient (Wildman–Crippen LogP) is 0.630. The monoisotopic (exact) mass is 354 g/mol. The molecule has 0 bridgehead atoms. The molecular formula is C16H16F2N2O5. The number of halogens is 2. The fraction of sp³-hybridized carbons (Fsp3) is 0.438. The van der Waals surface area contributed by atoms with Gasteiger partial charge in [0, 0.05) is 25.6 Å². The molecule has 3 rings (SSSR count). The number of carbonyl (C=O) groups excluding carboxylic acids is 2. The summed E-state index contributed by atoms with van der Waals surface area (Å²) in [4.78, 5) is 38.4. The van der Waals surface area contributed by atoms with Crippen molar-refractivity contribution in [3.63, 3.8) is 0 Å². The Morgan fingerprint density at radius 2 is 2.04 bits per heavy atom. The Kier molecular flexibility index (Phi) is 4.67. The number of rotatable bonds is 3. The summed E-state index contributed by atoms with van der Waals surface area (Å²) in [5.41, 5.74) is -0.0986. The predicted molar refractivity (Wildman–Crippen MR) is 80.8 cm³/mol. The Balaban J connectivity index is 1.77. The lowest BCUT2D eigenvalue weighted by Crippen LogP contribution is -2.54. The third-order valence-electron chi connectivity index (χ3n) is 4.37. The van der Waals surface area contributed by atoms with Crippen molar-refractivity contribution < 1.29 is 33.0 Å². The van der Waals surface area contributed by atoms with E-state index in [0.29, 0.717) is 6.07 Å². The van der Waals surface area contributed by atoms with Crippen LogP contribution in [0.2, 0.25) is 0 Å². The summed E-state index contributed by atoms with van der Waals surface area (Å²) in [5, 5.41) is 9.21. The summed E-state index contributed by atoms with van der Waals surface area (Å²) >= 11 is 0. The van der Waals surface area contributed by atoms with Gasteiger partial charge >= 0.3 is 5.97 Å². The molecular weight excluding hydrogens is 338 g/mol. The van der Waals surface area contributed by atoms with E-state index in [1.807, 2.05) is 0 Å². The molecule has 25 heavy (non-hydrogen) atoms. The second-order valence-corrected chi connectivity index (χ2v) is 5.96. The van der Waals surface area contributed by atoms with Gasteiger partial charge in [-0.25, -0.2) is 13.6 Å². The van der Waals surface area contributed by atoms with Gasteiger partial charge in [0.2, 0.25) is 11.8 Å². The molecule has 2 atom stereocenters. The highest BCUT2D eigenvalue weighted by Crippen LogP contribution is 2.29. The normalized spacial score (nSPS) is 23.8. The van der Waals surface area contributed by atoms with E-state index in [9.17, 15) is 28.3 Å². The van der Waals surface area contributed by atoms with Crippen LogP contribution in [0.5, 0.6) is 0 Å². The van der Waals surface area contributed by atoms with Crippen molar-refractivity contribution in [3.05, 3.63) is 29.8 Å². The van der Waals surface area contributed by atoms with Crippen LogP contribution in [0.15, 0.2) is 18.2 Å². The molecule has 1 aromatic rings. The number of anilines is 1. The van der Waals surface area contributed by atoms with E-state index in [0.717, 1.165) is 17.0 Å². The summed E-state index contributed by atoms with van der Waals surface area (Å²) in [5.74, 6) is -4.57. The average molecular weight is 354 g/mol. The number of hydrogen-bond acceptors (Lipinski definition) is 4. The fourth-order valence-corrected chi connectivity index (χ4v) is 3.11. The van der Waals surface area contributed by atoms with Gasteiger partial charge in [-0.2, -0.15) is 0 Å². The minimum absolute atomic E-state index is 0.0794. The van der Waals surface area contributed by atoms with Crippen LogP contribution in [-0.4, -0.2) is 60.1 Å². The summed E-state index contributed by atoms with van der Waals surface area (Å²) in [6, 6.07) is 1.74. The quantitative estimate of drug-likeness (QED) is 0.860. The molecule has 1 N–H and O–H groups in total. The fourth-order valence-electron chi connectivity index (χ4n) is 3.11. The first-order valence-corrected chi connectivity index (χ1v) is 7.75. The van der Waals surface area contributed by atoms with E-state index < -0.39 is 41.4 Å². The lowest BCUT2D eigenvalue weighted by molar-refractivity contribution is -0.160. The number of benzene rings is 1. The number of carboxylic acid groups (broad SMARTS) is 1. The van der Waals surface area contributed by atoms with Gasteiger partial charge in [0.1, 0.15) is 11.6 Å². The van der Waals surface area contributed by atoms with Gasteiger partial charge in [0.25, 0.3) is 0 Å². The van der Waals surface area contributed by atoms with Crippen molar-refractivity contribution in [3.8, 4) is 0 Å². The number of morpholine rings is 1. The van der Waals surface area contributed by atoms with Gasteiger partial charge in [0.05, 0.1) is 24.8 Å². The van der Waals surface area contributed by atoms with Crippen LogP contribution in [0.25, 0.3) is 0 Å². The van der Waals surface area contributed by atoms with Gasteiger partial charge in [-0.3, -0.25) is 9.59 Å². The van der Waals surface area contributed by atoms with Crippen molar-refractivity contribution in [2.24, 2.45) is 5.92 Å². The largest absolute Gasteiger partial charge is 0.480 e. The molecule has 2 heterocycles. The van der Waals surface area contributed by atoms with Crippen molar-refractivity contribution in [2.45, 2.75) is 12.5 Å². The number of aliphatic carboxylic acids is 1. The average Bonchev–Trinajstić information content (AvgIpc) is 2.96. The van der Waals surface area contributed by atoms with Gasteiger partial charge < -0.3 is 19.6 Å². The molecule has 134 valence electrons. The van der Waals surface area contributed by atoms with E-state index in [1.165, 1.54) is 4.90 Å². The first kappa shape index (κ1) is 17.3. The Morgan fingerprint density at radius 3 is 2.72 bits per heavy atom. The Morgan fingerprint density at radius 1 is 1.28 bits per heavy atom. The third kappa shape index (κ3) is 3.32. The van der Waals surface area contributed by atoms with E-state index >= 15 is 0 Å². The van der Waals surface area contributed by atoms with Crippen LogP contribution in [0.3, 0.4) is 0 Å². The molecule has 0 aromatic heterocycles. The summed E-state index contributed by atoms with van der Waals surface area (Å²) in [7, 11) is 0. The Hall–Kier alpha value is -2.55. The Bertz CT molecular complexity index is 726. The molecule has 2 aliphatic rings. The molecule has 0 saturated carbocycles. The zero-order chi connectivity index (χ0) is 18.1. The standard InChI is InChI=1S/C16H16F2N2O5/c17-10-1-2-12(11(18)6-10)20-7-9(5-14(20)21)15(22)19-3-4-25-8-13(19)16(23)24/h1-2,6,9,13H,3-5,7-8H2,(H,23,24). The van der Waals surface area contributed by atoms with Crippen LogP contribution in [0.1, 0.15) is 6.42 Å².